The fraction of sp³-hybridized carbons (Fsp3) is 0.471. The molecule has 1 heterocycles. The highest BCUT2D eigenvalue weighted by Crippen LogP contribution is 2.28. The first kappa shape index (κ1) is 17.1. The van der Waals surface area contributed by atoms with E-state index in [-0.39, 0.29) is 30.6 Å². The standard InChI is InChI=1S/C17H23N3O3/c1-10(2)8-13(18)17(23)19-12-4-5-14(11(3)9-12)20-15(21)6-7-16(20)22/h4-5,9-10,13H,6-8,18H2,1-3H3,(H,19,23)/t13-/m0/s1. The third kappa shape index (κ3) is 3.96. The van der Waals surface area contributed by atoms with Gasteiger partial charge < -0.3 is 11.1 Å². The SMILES string of the molecule is Cc1cc(NC(=O)[C@@H](N)CC(C)C)ccc1N1C(=O)CCC1=O. The fourth-order valence-corrected chi connectivity index (χ4v) is 2.68. The van der Waals surface area contributed by atoms with Gasteiger partial charge in [-0.15, -0.1) is 0 Å². The van der Waals surface area contributed by atoms with Crippen molar-refractivity contribution in [1.82, 2.24) is 0 Å². The van der Waals surface area contributed by atoms with Crippen LogP contribution < -0.4 is 16.0 Å². The van der Waals surface area contributed by atoms with Gasteiger partial charge in [0.1, 0.15) is 0 Å². The number of nitrogens with zero attached hydrogens (tertiary/aromatic N) is 1. The molecule has 0 unspecified atom stereocenters. The van der Waals surface area contributed by atoms with Crippen molar-refractivity contribution in [1.29, 1.82) is 0 Å². The molecule has 1 aromatic carbocycles. The maximum atomic E-state index is 12.0. The van der Waals surface area contributed by atoms with Crippen LogP contribution in [-0.4, -0.2) is 23.8 Å². The molecule has 124 valence electrons. The second-order valence-corrected chi connectivity index (χ2v) is 6.35. The highest BCUT2D eigenvalue weighted by molar-refractivity contribution is 6.20. The summed E-state index contributed by atoms with van der Waals surface area (Å²) in [6, 6.07) is 4.55. The molecule has 0 radical (unpaired) electrons. The molecule has 6 heteroatoms. The Morgan fingerprint density at radius 3 is 2.39 bits per heavy atom. The van der Waals surface area contributed by atoms with Crippen molar-refractivity contribution in [2.45, 2.75) is 46.1 Å². The zero-order valence-corrected chi connectivity index (χ0v) is 13.8. The second-order valence-electron chi connectivity index (χ2n) is 6.35. The Bertz CT molecular complexity index is 624. The van der Waals surface area contributed by atoms with Crippen LogP contribution in [-0.2, 0) is 14.4 Å². The first-order chi connectivity index (χ1) is 10.8. The first-order valence-electron chi connectivity index (χ1n) is 7.82. The minimum absolute atomic E-state index is 0.186. The lowest BCUT2D eigenvalue weighted by atomic mass is 10.0. The number of carbonyl (C=O) groups excluding carboxylic acids is 3. The number of hydrogen-bond donors (Lipinski definition) is 2. The molecule has 6 nitrogen and oxygen atoms in total. The maximum absolute atomic E-state index is 12.0. The topological polar surface area (TPSA) is 92.5 Å². The summed E-state index contributed by atoms with van der Waals surface area (Å²) >= 11 is 0. The van der Waals surface area contributed by atoms with E-state index in [1.807, 2.05) is 13.8 Å². The summed E-state index contributed by atoms with van der Waals surface area (Å²) in [5, 5.41) is 2.78. The monoisotopic (exact) mass is 317 g/mol. The molecule has 23 heavy (non-hydrogen) atoms. The van der Waals surface area contributed by atoms with Crippen LogP contribution in [0, 0.1) is 12.8 Å². The van der Waals surface area contributed by atoms with Gasteiger partial charge in [0.15, 0.2) is 0 Å². The van der Waals surface area contributed by atoms with E-state index >= 15 is 0 Å². The van der Waals surface area contributed by atoms with E-state index in [0.717, 1.165) is 5.56 Å². The number of nitrogens with one attached hydrogen (secondary N) is 1. The van der Waals surface area contributed by atoms with E-state index in [2.05, 4.69) is 5.32 Å². The third-order valence-corrected chi connectivity index (χ3v) is 3.82. The Morgan fingerprint density at radius 2 is 1.87 bits per heavy atom. The smallest absolute Gasteiger partial charge is 0.241 e. The highest BCUT2D eigenvalue weighted by Gasteiger charge is 2.31. The first-order valence-corrected chi connectivity index (χ1v) is 7.82. The summed E-state index contributed by atoms with van der Waals surface area (Å²) < 4.78 is 0. The largest absolute Gasteiger partial charge is 0.325 e. The van der Waals surface area contributed by atoms with Crippen molar-refractivity contribution < 1.29 is 14.4 Å². The molecule has 1 saturated heterocycles. The van der Waals surface area contributed by atoms with Gasteiger partial charge in [0.2, 0.25) is 17.7 Å². The van der Waals surface area contributed by atoms with E-state index in [1.165, 1.54) is 4.90 Å². The van der Waals surface area contributed by atoms with Crippen molar-refractivity contribution in [3.8, 4) is 0 Å². The van der Waals surface area contributed by atoms with Crippen molar-refractivity contribution in [3.05, 3.63) is 23.8 Å². The zero-order valence-electron chi connectivity index (χ0n) is 13.8. The van der Waals surface area contributed by atoms with Crippen LogP contribution in [0.5, 0.6) is 0 Å². The summed E-state index contributed by atoms with van der Waals surface area (Å²) in [5.74, 6) is -0.270. The van der Waals surface area contributed by atoms with Crippen molar-refractivity contribution in [2.75, 3.05) is 10.2 Å². The quantitative estimate of drug-likeness (QED) is 0.812. The molecule has 0 aromatic heterocycles. The second kappa shape index (κ2) is 6.91. The van der Waals surface area contributed by atoms with Gasteiger partial charge in [-0.3, -0.25) is 19.3 Å². The van der Waals surface area contributed by atoms with Gasteiger partial charge in [0.25, 0.3) is 0 Å². The molecular formula is C17H23N3O3. The van der Waals surface area contributed by atoms with E-state index in [1.54, 1.807) is 25.1 Å². The molecule has 0 bridgehead atoms. The Kier molecular flexibility index (Phi) is 5.15. The van der Waals surface area contributed by atoms with Crippen LogP contribution >= 0.6 is 0 Å². The van der Waals surface area contributed by atoms with Crippen LogP contribution in [0.4, 0.5) is 11.4 Å². The van der Waals surface area contributed by atoms with Gasteiger partial charge in [-0.05, 0) is 43.0 Å². The van der Waals surface area contributed by atoms with Crippen molar-refractivity contribution >= 4 is 29.1 Å². The minimum atomic E-state index is -0.559. The molecule has 1 atom stereocenters. The normalized spacial score (nSPS) is 16.1. The molecule has 1 aromatic rings. The average molecular weight is 317 g/mol. The van der Waals surface area contributed by atoms with Crippen molar-refractivity contribution in [3.63, 3.8) is 0 Å². The lowest BCUT2D eigenvalue weighted by Crippen LogP contribution is -2.36. The number of rotatable bonds is 5. The number of amides is 3. The lowest BCUT2D eigenvalue weighted by Gasteiger charge is -2.18. The summed E-state index contributed by atoms with van der Waals surface area (Å²) in [7, 11) is 0. The molecule has 0 aliphatic carbocycles. The Morgan fingerprint density at radius 1 is 1.26 bits per heavy atom. The molecule has 0 saturated carbocycles. The predicted octanol–water partition coefficient (Wildman–Crippen LogP) is 1.96. The number of aryl methyl sites for hydroxylation is 1. The number of nitrogens with two attached hydrogens (primary N) is 1. The molecule has 1 aliphatic heterocycles. The number of hydrogen-bond acceptors (Lipinski definition) is 4. The number of benzene rings is 1. The molecule has 1 aliphatic rings. The summed E-state index contributed by atoms with van der Waals surface area (Å²) in [6.07, 6.45) is 1.11. The number of carbonyl (C=O) groups is 3. The number of anilines is 2. The van der Waals surface area contributed by atoms with Crippen LogP contribution in [0.3, 0.4) is 0 Å². The Balaban J connectivity index is 2.12. The van der Waals surface area contributed by atoms with Gasteiger partial charge >= 0.3 is 0 Å². The summed E-state index contributed by atoms with van der Waals surface area (Å²) in [6.45, 7) is 5.82. The third-order valence-electron chi connectivity index (χ3n) is 3.82. The van der Waals surface area contributed by atoms with Gasteiger partial charge in [-0.2, -0.15) is 0 Å². The Labute approximate surface area is 136 Å². The summed E-state index contributed by atoms with van der Waals surface area (Å²) in [5.41, 5.74) is 7.79. The zero-order chi connectivity index (χ0) is 17.1. The van der Waals surface area contributed by atoms with Gasteiger partial charge in [-0.25, -0.2) is 0 Å². The van der Waals surface area contributed by atoms with Gasteiger partial charge in [-0.1, -0.05) is 13.8 Å². The van der Waals surface area contributed by atoms with E-state index in [0.29, 0.717) is 23.7 Å². The van der Waals surface area contributed by atoms with Gasteiger partial charge in [0.05, 0.1) is 11.7 Å². The predicted molar refractivity (Wildman–Crippen MR) is 89.0 cm³/mol. The van der Waals surface area contributed by atoms with E-state index in [4.69, 9.17) is 5.73 Å². The average Bonchev–Trinajstić information content (AvgIpc) is 2.78. The van der Waals surface area contributed by atoms with Crippen LogP contribution in [0.2, 0.25) is 0 Å². The molecule has 3 amide bonds. The van der Waals surface area contributed by atoms with E-state index in [9.17, 15) is 14.4 Å². The van der Waals surface area contributed by atoms with Crippen LogP contribution in [0.1, 0.15) is 38.7 Å². The van der Waals surface area contributed by atoms with E-state index < -0.39 is 6.04 Å². The molecule has 2 rings (SSSR count). The lowest BCUT2D eigenvalue weighted by molar-refractivity contribution is -0.121. The maximum Gasteiger partial charge on any atom is 0.241 e. The molecule has 1 fully saturated rings. The molecule has 0 spiro atoms. The minimum Gasteiger partial charge on any atom is -0.325 e. The summed E-state index contributed by atoms with van der Waals surface area (Å²) in [4.78, 5) is 36.9. The molecule has 3 N–H and O–H groups in total. The molecular weight excluding hydrogens is 294 g/mol. The highest BCUT2D eigenvalue weighted by atomic mass is 16.2. The van der Waals surface area contributed by atoms with Crippen LogP contribution in [0.25, 0.3) is 0 Å². The van der Waals surface area contributed by atoms with Crippen LogP contribution in [0.15, 0.2) is 18.2 Å². The number of imide groups is 1. The Hall–Kier alpha value is -2.21. The van der Waals surface area contributed by atoms with Crippen molar-refractivity contribution in [2.24, 2.45) is 11.7 Å². The fourth-order valence-electron chi connectivity index (χ4n) is 2.68. The van der Waals surface area contributed by atoms with Gasteiger partial charge in [0, 0.05) is 18.5 Å².